The standard InChI is InChI=1S/C17H16FN3O3S2/c1-3-21-16(22)7-6-15(19-21)12-9-17(25-10-12)26(23,24)20-14-5-4-13(18)8-11(14)2/h4-10,20H,3H2,1-2H3. The molecule has 0 spiro atoms. The highest BCUT2D eigenvalue weighted by Crippen LogP contribution is 2.29. The van der Waals surface area contributed by atoms with Crippen molar-refractivity contribution in [3.8, 4) is 11.3 Å². The summed E-state index contributed by atoms with van der Waals surface area (Å²) in [5, 5.41) is 5.88. The second-order valence-corrected chi connectivity index (χ2v) is 8.41. The summed E-state index contributed by atoms with van der Waals surface area (Å²) in [5.41, 5.74) is 1.71. The molecule has 26 heavy (non-hydrogen) atoms. The van der Waals surface area contributed by atoms with Crippen LogP contribution in [0.5, 0.6) is 0 Å². The highest BCUT2D eigenvalue weighted by atomic mass is 32.2. The fourth-order valence-corrected chi connectivity index (χ4v) is 4.66. The Labute approximate surface area is 154 Å². The molecule has 0 radical (unpaired) electrons. The normalized spacial score (nSPS) is 11.5. The van der Waals surface area contributed by atoms with E-state index in [1.807, 2.05) is 0 Å². The van der Waals surface area contributed by atoms with Crippen molar-refractivity contribution in [3.05, 3.63) is 63.5 Å². The number of hydrogen-bond donors (Lipinski definition) is 1. The lowest BCUT2D eigenvalue weighted by molar-refractivity contribution is 0.602. The van der Waals surface area contributed by atoms with Crippen LogP contribution in [-0.4, -0.2) is 18.2 Å². The van der Waals surface area contributed by atoms with Crippen LogP contribution in [-0.2, 0) is 16.6 Å². The molecule has 0 aliphatic carbocycles. The Hall–Kier alpha value is -2.52. The predicted molar refractivity (Wildman–Crippen MR) is 99.4 cm³/mol. The van der Waals surface area contributed by atoms with Gasteiger partial charge in [0.1, 0.15) is 10.0 Å². The molecule has 3 rings (SSSR count). The van der Waals surface area contributed by atoms with Crippen molar-refractivity contribution in [2.75, 3.05) is 4.72 Å². The maximum absolute atomic E-state index is 13.2. The van der Waals surface area contributed by atoms with Gasteiger partial charge in [0.25, 0.3) is 15.6 Å². The Morgan fingerprint density at radius 2 is 2.00 bits per heavy atom. The number of benzene rings is 1. The lowest BCUT2D eigenvalue weighted by Crippen LogP contribution is -2.20. The van der Waals surface area contributed by atoms with Crippen LogP contribution in [0.4, 0.5) is 10.1 Å². The van der Waals surface area contributed by atoms with Gasteiger partial charge in [0.05, 0.1) is 11.4 Å². The molecule has 9 heteroatoms. The van der Waals surface area contributed by atoms with Crippen LogP contribution in [0, 0.1) is 12.7 Å². The fraction of sp³-hybridized carbons (Fsp3) is 0.176. The minimum Gasteiger partial charge on any atom is -0.279 e. The van der Waals surface area contributed by atoms with Crippen molar-refractivity contribution in [1.82, 2.24) is 9.78 Å². The second kappa shape index (κ2) is 7.00. The van der Waals surface area contributed by atoms with E-state index in [1.54, 1.807) is 25.3 Å². The first-order valence-corrected chi connectivity index (χ1v) is 10.1. The number of rotatable bonds is 5. The predicted octanol–water partition coefficient (Wildman–Crippen LogP) is 3.24. The Morgan fingerprint density at radius 3 is 2.69 bits per heavy atom. The molecule has 0 fully saturated rings. The van der Waals surface area contributed by atoms with Gasteiger partial charge in [-0.05, 0) is 49.7 Å². The van der Waals surface area contributed by atoms with Gasteiger partial charge in [-0.2, -0.15) is 5.10 Å². The summed E-state index contributed by atoms with van der Waals surface area (Å²) < 4.78 is 42.2. The van der Waals surface area contributed by atoms with Gasteiger partial charge < -0.3 is 0 Å². The first-order valence-electron chi connectivity index (χ1n) is 7.76. The molecular formula is C17H16FN3O3S2. The highest BCUT2D eigenvalue weighted by molar-refractivity contribution is 7.94. The first kappa shape index (κ1) is 18.3. The number of nitrogens with one attached hydrogen (secondary N) is 1. The molecule has 136 valence electrons. The number of sulfonamides is 1. The Morgan fingerprint density at radius 1 is 1.23 bits per heavy atom. The number of aromatic nitrogens is 2. The molecule has 0 saturated carbocycles. The zero-order valence-corrected chi connectivity index (χ0v) is 15.7. The summed E-state index contributed by atoms with van der Waals surface area (Å²) in [6, 6.07) is 8.30. The van der Waals surface area contributed by atoms with E-state index in [4.69, 9.17) is 0 Å². The maximum atomic E-state index is 13.2. The summed E-state index contributed by atoms with van der Waals surface area (Å²) in [6.07, 6.45) is 0. The number of nitrogens with zero attached hydrogens (tertiary/aromatic N) is 2. The quantitative estimate of drug-likeness (QED) is 0.722. The third-order valence-electron chi connectivity index (χ3n) is 3.73. The molecular weight excluding hydrogens is 377 g/mol. The smallest absolute Gasteiger partial charge is 0.271 e. The molecule has 1 aromatic carbocycles. The van der Waals surface area contributed by atoms with Crippen LogP contribution in [0.15, 0.2) is 50.8 Å². The van der Waals surface area contributed by atoms with Crippen molar-refractivity contribution in [2.24, 2.45) is 0 Å². The van der Waals surface area contributed by atoms with Crippen LogP contribution in [0.25, 0.3) is 11.3 Å². The molecule has 0 atom stereocenters. The van der Waals surface area contributed by atoms with Gasteiger partial charge in [0.15, 0.2) is 0 Å². The number of anilines is 1. The van der Waals surface area contributed by atoms with Crippen molar-refractivity contribution >= 4 is 27.0 Å². The minimum atomic E-state index is -3.81. The molecule has 1 N–H and O–H groups in total. The third-order valence-corrected chi connectivity index (χ3v) is 6.54. The lowest BCUT2D eigenvalue weighted by atomic mass is 10.2. The lowest BCUT2D eigenvalue weighted by Gasteiger charge is -2.09. The first-order chi connectivity index (χ1) is 12.3. The molecule has 0 aliphatic heterocycles. The summed E-state index contributed by atoms with van der Waals surface area (Å²) in [4.78, 5) is 11.6. The van der Waals surface area contributed by atoms with E-state index in [0.717, 1.165) is 11.3 Å². The molecule has 2 heterocycles. The zero-order chi connectivity index (χ0) is 18.9. The van der Waals surface area contributed by atoms with E-state index in [0.29, 0.717) is 29.1 Å². The summed E-state index contributed by atoms with van der Waals surface area (Å²) in [5.74, 6) is -0.430. The van der Waals surface area contributed by atoms with E-state index in [2.05, 4.69) is 9.82 Å². The second-order valence-electron chi connectivity index (χ2n) is 5.59. The van der Waals surface area contributed by atoms with Gasteiger partial charge in [-0.15, -0.1) is 11.3 Å². The van der Waals surface area contributed by atoms with Gasteiger partial charge in [0, 0.05) is 23.6 Å². The number of halogens is 1. The molecule has 6 nitrogen and oxygen atoms in total. The van der Waals surface area contributed by atoms with Crippen molar-refractivity contribution in [1.29, 1.82) is 0 Å². The third kappa shape index (κ3) is 3.68. The molecule has 0 saturated heterocycles. The topological polar surface area (TPSA) is 81.1 Å². The summed E-state index contributed by atoms with van der Waals surface area (Å²) >= 11 is 1.05. The average Bonchev–Trinajstić information content (AvgIpc) is 3.09. The molecule has 0 aliphatic rings. The monoisotopic (exact) mass is 393 g/mol. The van der Waals surface area contributed by atoms with Gasteiger partial charge in [-0.3, -0.25) is 9.52 Å². The average molecular weight is 393 g/mol. The Bertz CT molecular complexity index is 1120. The number of hydrogen-bond acceptors (Lipinski definition) is 5. The highest BCUT2D eigenvalue weighted by Gasteiger charge is 2.19. The Kier molecular flexibility index (Phi) is 4.92. The molecule has 0 bridgehead atoms. The van der Waals surface area contributed by atoms with Crippen molar-refractivity contribution < 1.29 is 12.8 Å². The van der Waals surface area contributed by atoms with Crippen LogP contribution < -0.4 is 10.3 Å². The molecule has 3 aromatic rings. The Balaban J connectivity index is 1.92. The summed E-state index contributed by atoms with van der Waals surface area (Å²) in [6.45, 7) is 3.85. The summed E-state index contributed by atoms with van der Waals surface area (Å²) in [7, 11) is -3.81. The zero-order valence-electron chi connectivity index (χ0n) is 14.1. The molecule has 0 unspecified atom stereocenters. The van der Waals surface area contributed by atoms with Crippen molar-refractivity contribution in [3.63, 3.8) is 0 Å². The molecule has 2 aromatic heterocycles. The van der Waals surface area contributed by atoms with Crippen LogP contribution in [0.1, 0.15) is 12.5 Å². The van der Waals surface area contributed by atoms with Gasteiger partial charge in [-0.25, -0.2) is 17.5 Å². The fourth-order valence-electron chi connectivity index (χ4n) is 2.36. The SMILES string of the molecule is CCn1nc(-c2csc(S(=O)(=O)Nc3ccc(F)cc3C)c2)ccc1=O. The number of thiophene rings is 1. The van der Waals surface area contributed by atoms with E-state index in [-0.39, 0.29) is 9.77 Å². The van der Waals surface area contributed by atoms with E-state index >= 15 is 0 Å². The number of aryl methyl sites for hydroxylation is 2. The van der Waals surface area contributed by atoms with Gasteiger partial charge in [-0.1, -0.05) is 0 Å². The van der Waals surface area contributed by atoms with Crippen LogP contribution in [0.2, 0.25) is 0 Å². The largest absolute Gasteiger partial charge is 0.279 e. The van der Waals surface area contributed by atoms with Gasteiger partial charge >= 0.3 is 0 Å². The van der Waals surface area contributed by atoms with Crippen LogP contribution >= 0.6 is 11.3 Å². The van der Waals surface area contributed by atoms with E-state index < -0.39 is 15.8 Å². The van der Waals surface area contributed by atoms with Crippen LogP contribution in [0.3, 0.4) is 0 Å². The van der Waals surface area contributed by atoms with Crippen molar-refractivity contribution in [2.45, 2.75) is 24.6 Å². The maximum Gasteiger partial charge on any atom is 0.271 e. The van der Waals surface area contributed by atoms with Gasteiger partial charge in [0.2, 0.25) is 0 Å². The molecule has 0 amide bonds. The van der Waals surface area contributed by atoms with E-state index in [1.165, 1.54) is 35.0 Å². The van der Waals surface area contributed by atoms with E-state index in [9.17, 15) is 17.6 Å². The minimum absolute atomic E-state index is 0.104.